The molecule has 0 aliphatic rings. The molecule has 7 nitrogen and oxygen atoms in total. The molecule has 0 saturated heterocycles. The van der Waals surface area contributed by atoms with Crippen LogP contribution in [0.4, 0.5) is 0 Å². The van der Waals surface area contributed by atoms with Gasteiger partial charge in [-0.05, 0) is 18.2 Å². The molecule has 3 N–H and O–H groups in total. The van der Waals surface area contributed by atoms with E-state index in [4.69, 9.17) is 5.14 Å². The fraction of sp³-hybridized carbons (Fsp3) is 0.0909. The van der Waals surface area contributed by atoms with Crippen molar-refractivity contribution in [1.29, 1.82) is 0 Å². The summed E-state index contributed by atoms with van der Waals surface area (Å²) >= 11 is 0.978. The van der Waals surface area contributed by atoms with Crippen LogP contribution in [-0.2, 0) is 16.6 Å². The number of primary sulfonamides is 1. The second kappa shape index (κ2) is 5.57. The van der Waals surface area contributed by atoms with Crippen LogP contribution in [-0.4, -0.2) is 14.3 Å². The van der Waals surface area contributed by atoms with Gasteiger partial charge in [-0.3, -0.25) is 4.79 Å². The average molecular weight is 314 g/mol. The van der Waals surface area contributed by atoms with Crippen LogP contribution in [0.3, 0.4) is 0 Å². The molecule has 0 spiro atoms. The Bertz CT molecular complexity index is 771. The van der Waals surface area contributed by atoms with Gasteiger partial charge in [0, 0.05) is 10.9 Å². The average Bonchev–Trinajstić information content (AvgIpc) is 2.85. The van der Waals surface area contributed by atoms with E-state index in [1.807, 2.05) is 0 Å². The Morgan fingerprint density at radius 2 is 2.05 bits per heavy atom. The first-order valence-electron chi connectivity index (χ1n) is 5.35. The molecule has 0 aliphatic heterocycles. The van der Waals surface area contributed by atoms with Crippen LogP contribution in [0, 0.1) is 0 Å². The zero-order valence-electron chi connectivity index (χ0n) is 10.0. The maximum atomic E-state index is 11.7. The highest BCUT2D eigenvalue weighted by atomic mass is 32.2. The quantitative estimate of drug-likeness (QED) is 0.840. The summed E-state index contributed by atoms with van der Waals surface area (Å²) in [6.45, 7) is 0.151. The summed E-state index contributed by atoms with van der Waals surface area (Å²) in [6, 6.07) is 5.42. The van der Waals surface area contributed by atoms with Gasteiger partial charge in [-0.25, -0.2) is 18.4 Å². The first-order valence-corrected chi connectivity index (χ1v) is 7.71. The Morgan fingerprint density at radius 1 is 1.30 bits per heavy atom. The van der Waals surface area contributed by atoms with Crippen molar-refractivity contribution in [3.05, 3.63) is 51.4 Å². The van der Waals surface area contributed by atoms with Crippen LogP contribution in [0.1, 0.15) is 15.2 Å². The minimum Gasteiger partial charge on any atom is -0.430 e. The second-order valence-corrected chi connectivity index (χ2v) is 6.75. The number of carbonyl (C=O) groups excluding carboxylic acids is 1. The van der Waals surface area contributed by atoms with Gasteiger partial charge in [0.25, 0.3) is 5.91 Å². The number of hydrogen-bond donors (Lipinski definition) is 2. The fourth-order valence-electron chi connectivity index (χ4n) is 1.36. The molecule has 106 valence electrons. The van der Waals surface area contributed by atoms with Crippen molar-refractivity contribution in [1.82, 2.24) is 5.32 Å². The number of hydrogen-bond acceptors (Lipinski definition) is 6. The SMILES string of the molecule is NS(=O)(=O)c1ccc(CNC(=O)c2ccc(=O)oc2)s1. The van der Waals surface area contributed by atoms with E-state index in [9.17, 15) is 18.0 Å². The summed E-state index contributed by atoms with van der Waals surface area (Å²) in [5, 5.41) is 7.56. The Labute approximate surface area is 118 Å². The van der Waals surface area contributed by atoms with Crippen LogP contribution in [0.2, 0.25) is 0 Å². The van der Waals surface area contributed by atoms with E-state index in [0.29, 0.717) is 4.88 Å². The first kappa shape index (κ1) is 14.4. The van der Waals surface area contributed by atoms with Crippen LogP contribution >= 0.6 is 11.3 Å². The molecule has 0 unspecified atom stereocenters. The van der Waals surface area contributed by atoms with E-state index in [1.165, 1.54) is 12.1 Å². The van der Waals surface area contributed by atoms with Gasteiger partial charge >= 0.3 is 5.63 Å². The molecular formula is C11H10N2O5S2. The number of thiophene rings is 1. The van der Waals surface area contributed by atoms with Crippen LogP contribution in [0.15, 0.2) is 43.9 Å². The highest BCUT2D eigenvalue weighted by Gasteiger charge is 2.12. The second-order valence-electron chi connectivity index (χ2n) is 3.79. The zero-order chi connectivity index (χ0) is 14.8. The summed E-state index contributed by atoms with van der Waals surface area (Å²) in [7, 11) is -3.72. The third-order valence-electron chi connectivity index (χ3n) is 2.30. The molecule has 2 aromatic heterocycles. The molecule has 2 rings (SSSR count). The van der Waals surface area contributed by atoms with Gasteiger partial charge in [-0.15, -0.1) is 11.3 Å². The largest absolute Gasteiger partial charge is 0.430 e. The van der Waals surface area contributed by atoms with Gasteiger partial charge in [0.15, 0.2) is 0 Å². The van der Waals surface area contributed by atoms with Gasteiger partial charge in [0.2, 0.25) is 10.0 Å². The standard InChI is InChI=1S/C11H10N2O5S2/c12-20(16,17)10-4-2-8(19-10)5-13-11(15)7-1-3-9(14)18-6-7/h1-4,6H,5H2,(H,13,15)(H2,12,16,17). The maximum Gasteiger partial charge on any atom is 0.335 e. The summed E-state index contributed by atoms with van der Waals surface area (Å²) in [4.78, 5) is 23.1. The molecule has 0 radical (unpaired) electrons. The lowest BCUT2D eigenvalue weighted by Gasteiger charge is -2.02. The number of rotatable bonds is 4. The predicted octanol–water partition coefficient (Wildman–Crippen LogP) is 0.279. The lowest BCUT2D eigenvalue weighted by molar-refractivity contribution is 0.0949. The van der Waals surface area contributed by atoms with Crippen molar-refractivity contribution >= 4 is 27.3 Å². The van der Waals surface area contributed by atoms with E-state index in [2.05, 4.69) is 9.73 Å². The highest BCUT2D eigenvalue weighted by molar-refractivity contribution is 7.91. The molecule has 0 bridgehead atoms. The van der Waals surface area contributed by atoms with Crippen molar-refractivity contribution in [3.63, 3.8) is 0 Å². The summed E-state index contributed by atoms with van der Waals surface area (Å²) in [6.07, 6.45) is 1.06. The van der Waals surface area contributed by atoms with Gasteiger partial charge in [-0.2, -0.15) is 0 Å². The third kappa shape index (κ3) is 3.53. The van der Waals surface area contributed by atoms with Crippen molar-refractivity contribution in [3.8, 4) is 0 Å². The van der Waals surface area contributed by atoms with Gasteiger partial charge < -0.3 is 9.73 Å². The third-order valence-corrected chi connectivity index (χ3v) is 4.83. The minimum atomic E-state index is -3.72. The van der Waals surface area contributed by atoms with Crippen LogP contribution < -0.4 is 16.1 Å². The summed E-state index contributed by atoms with van der Waals surface area (Å²) in [5.41, 5.74) is -0.342. The van der Waals surface area contributed by atoms with E-state index >= 15 is 0 Å². The van der Waals surface area contributed by atoms with Crippen LogP contribution in [0.5, 0.6) is 0 Å². The number of amides is 1. The zero-order valence-corrected chi connectivity index (χ0v) is 11.7. The molecule has 0 fully saturated rings. The smallest absolute Gasteiger partial charge is 0.335 e. The Hall–Kier alpha value is -1.97. The van der Waals surface area contributed by atoms with Gasteiger partial charge in [0.1, 0.15) is 10.5 Å². The van der Waals surface area contributed by atoms with Crippen molar-refractivity contribution in [2.45, 2.75) is 10.8 Å². The fourth-order valence-corrected chi connectivity index (χ4v) is 3.08. The van der Waals surface area contributed by atoms with Crippen molar-refractivity contribution < 1.29 is 17.6 Å². The molecule has 0 aromatic carbocycles. The molecule has 2 aromatic rings. The summed E-state index contributed by atoms with van der Waals surface area (Å²) in [5.74, 6) is -0.431. The summed E-state index contributed by atoms with van der Waals surface area (Å²) < 4.78 is 26.8. The van der Waals surface area contributed by atoms with E-state index in [0.717, 1.165) is 23.7 Å². The molecule has 2 heterocycles. The topological polar surface area (TPSA) is 119 Å². The number of carbonyl (C=O) groups is 1. The molecule has 0 atom stereocenters. The van der Waals surface area contributed by atoms with E-state index in [1.54, 1.807) is 6.07 Å². The lowest BCUT2D eigenvalue weighted by atomic mass is 10.3. The highest BCUT2D eigenvalue weighted by Crippen LogP contribution is 2.20. The van der Waals surface area contributed by atoms with E-state index < -0.39 is 21.6 Å². The normalized spacial score (nSPS) is 11.2. The molecule has 1 amide bonds. The van der Waals surface area contributed by atoms with Crippen LogP contribution in [0.25, 0.3) is 0 Å². The molecule has 0 aliphatic carbocycles. The van der Waals surface area contributed by atoms with E-state index in [-0.39, 0.29) is 16.3 Å². The van der Waals surface area contributed by atoms with Gasteiger partial charge in [0.05, 0.1) is 12.1 Å². The molecule has 0 saturated carbocycles. The lowest BCUT2D eigenvalue weighted by Crippen LogP contribution is -2.22. The Balaban J connectivity index is 2.02. The molecule has 9 heteroatoms. The maximum absolute atomic E-state index is 11.7. The van der Waals surface area contributed by atoms with Gasteiger partial charge in [-0.1, -0.05) is 0 Å². The number of sulfonamides is 1. The molecule has 20 heavy (non-hydrogen) atoms. The predicted molar refractivity (Wildman–Crippen MR) is 71.8 cm³/mol. The number of nitrogens with one attached hydrogen (secondary N) is 1. The first-order chi connectivity index (χ1) is 9.36. The molecular weight excluding hydrogens is 304 g/mol. The Kier molecular flexibility index (Phi) is 4.02. The Morgan fingerprint density at radius 3 is 2.60 bits per heavy atom. The van der Waals surface area contributed by atoms with Crippen molar-refractivity contribution in [2.75, 3.05) is 0 Å². The minimum absolute atomic E-state index is 0.0347. The number of nitrogens with two attached hydrogens (primary N) is 1. The monoisotopic (exact) mass is 314 g/mol. The van der Waals surface area contributed by atoms with Crippen molar-refractivity contribution in [2.24, 2.45) is 5.14 Å².